The number of ether oxygens (including phenoxy) is 1. The van der Waals surface area contributed by atoms with Crippen LogP contribution in [0.1, 0.15) is 47.8 Å². The van der Waals surface area contributed by atoms with E-state index in [9.17, 15) is 18.0 Å². The number of anilines is 1. The Morgan fingerprint density at radius 2 is 1.65 bits per heavy atom. The molecule has 3 aromatic rings. The largest absolute Gasteiger partial charge is 0.573 e. The van der Waals surface area contributed by atoms with Crippen LogP contribution >= 0.6 is 23.2 Å². The van der Waals surface area contributed by atoms with Gasteiger partial charge in [0.05, 0.1) is 15.6 Å². The molecule has 0 unspecified atom stereocenters. The van der Waals surface area contributed by atoms with E-state index in [0.717, 1.165) is 11.1 Å². The molecule has 0 aliphatic rings. The van der Waals surface area contributed by atoms with Crippen LogP contribution in [-0.4, -0.2) is 30.8 Å². The fraction of sp³-hybridized carbons (Fsp3) is 0.321. The van der Waals surface area contributed by atoms with Crippen molar-refractivity contribution in [3.05, 3.63) is 93.0 Å². The Bertz CT molecular complexity index is 1240. The molecule has 0 heterocycles. The molecule has 4 nitrogen and oxygen atoms in total. The lowest BCUT2D eigenvalue weighted by atomic mass is 9.87. The molecular formula is C28H29Cl2F3N2O2. The molecule has 0 saturated carbocycles. The van der Waals surface area contributed by atoms with Gasteiger partial charge in [-0.3, -0.25) is 4.79 Å². The average Bonchev–Trinajstić information content (AvgIpc) is 2.82. The lowest BCUT2D eigenvalue weighted by Gasteiger charge is -2.26. The normalized spacial score (nSPS) is 11.8. The summed E-state index contributed by atoms with van der Waals surface area (Å²) >= 11 is 12.7. The van der Waals surface area contributed by atoms with Crippen LogP contribution in [0.15, 0.2) is 60.7 Å². The topological polar surface area (TPSA) is 41.6 Å². The number of halogens is 5. The highest BCUT2D eigenvalue weighted by Crippen LogP contribution is 2.33. The molecular weight excluding hydrogens is 524 g/mol. The van der Waals surface area contributed by atoms with Crippen LogP contribution < -0.4 is 10.1 Å². The van der Waals surface area contributed by atoms with Crippen molar-refractivity contribution >= 4 is 34.8 Å². The third kappa shape index (κ3) is 7.79. The zero-order valence-electron chi connectivity index (χ0n) is 21.0. The van der Waals surface area contributed by atoms with Gasteiger partial charge in [0.2, 0.25) is 0 Å². The number of nitrogens with zero attached hydrogens (tertiary/aromatic N) is 1. The van der Waals surface area contributed by atoms with Crippen molar-refractivity contribution < 1.29 is 22.7 Å². The molecule has 37 heavy (non-hydrogen) atoms. The first-order chi connectivity index (χ1) is 17.3. The lowest BCUT2D eigenvalue weighted by Crippen LogP contribution is -2.33. The summed E-state index contributed by atoms with van der Waals surface area (Å²) in [6.45, 7) is 6.86. The Morgan fingerprint density at radius 3 is 2.24 bits per heavy atom. The fourth-order valence-electron chi connectivity index (χ4n) is 3.87. The summed E-state index contributed by atoms with van der Waals surface area (Å²) in [5.74, 6) is -0.657. The van der Waals surface area contributed by atoms with Gasteiger partial charge in [0.1, 0.15) is 5.75 Å². The first-order valence-electron chi connectivity index (χ1n) is 11.7. The molecule has 0 atom stereocenters. The van der Waals surface area contributed by atoms with E-state index in [2.05, 4.69) is 30.8 Å². The van der Waals surface area contributed by atoms with Crippen LogP contribution in [0.2, 0.25) is 10.0 Å². The first kappa shape index (κ1) is 28.7. The second-order valence-electron chi connectivity index (χ2n) is 9.65. The highest BCUT2D eigenvalue weighted by Gasteiger charge is 2.31. The summed E-state index contributed by atoms with van der Waals surface area (Å²) in [5, 5.41) is 3.35. The van der Waals surface area contributed by atoms with Crippen molar-refractivity contribution in [1.82, 2.24) is 4.90 Å². The van der Waals surface area contributed by atoms with Crippen molar-refractivity contribution in [2.45, 2.75) is 45.5 Å². The second-order valence-corrected chi connectivity index (χ2v) is 10.4. The smallest absolute Gasteiger partial charge is 0.406 e. The minimum absolute atomic E-state index is 0.0203. The van der Waals surface area contributed by atoms with Crippen molar-refractivity contribution in [1.29, 1.82) is 0 Å². The number of hydrogen-bond acceptors (Lipinski definition) is 3. The van der Waals surface area contributed by atoms with Gasteiger partial charge in [0.25, 0.3) is 5.91 Å². The van der Waals surface area contributed by atoms with Gasteiger partial charge in [-0.15, -0.1) is 13.2 Å². The van der Waals surface area contributed by atoms with E-state index in [4.69, 9.17) is 23.2 Å². The number of rotatable bonds is 8. The Morgan fingerprint density at radius 1 is 0.973 bits per heavy atom. The maximum absolute atomic E-state index is 13.8. The second kappa shape index (κ2) is 11.7. The van der Waals surface area contributed by atoms with Crippen LogP contribution in [-0.2, 0) is 18.4 Å². The Kier molecular flexibility index (Phi) is 9.03. The summed E-state index contributed by atoms with van der Waals surface area (Å²) in [5.41, 5.74) is 3.39. The van der Waals surface area contributed by atoms with E-state index >= 15 is 0 Å². The predicted molar refractivity (Wildman–Crippen MR) is 143 cm³/mol. The third-order valence-corrected chi connectivity index (χ3v) is 6.67. The number of benzene rings is 3. The van der Waals surface area contributed by atoms with Crippen LogP contribution in [0.5, 0.6) is 5.75 Å². The third-order valence-electron chi connectivity index (χ3n) is 5.86. The number of carbonyl (C=O) groups excluding carboxylic acids is 1. The Balaban J connectivity index is 1.91. The van der Waals surface area contributed by atoms with Crippen molar-refractivity contribution in [2.75, 3.05) is 18.9 Å². The van der Waals surface area contributed by atoms with E-state index in [-0.39, 0.29) is 45.8 Å². The standard InChI is InChI=1S/C28H29Cl2F3N2O2/c1-27(2,3)20-10-8-19(9-11-20)17-35(26(36)24-23(34-4)13-12-22(29)25(24)30)15-14-18-6-5-7-21(16-18)37-28(31,32)33/h5-13,16,34H,14-15,17H2,1-4H3. The molecule has 0 aromatic heterocycles. The van der Waals surface area contributed by atoms with Crippen molar-refractivity contribution in [2.24, 2.45) is 0 Å². The van der Waals surface area contributed by atoms with Crippen molar-refractivity contribution in [3.63, 3.8) is 0 Å². The van der Waals surface area contributed by atoms with Crippen molar-refractivity contribution in [3.8, 4) is 5.75 Å². The van der Waals surface area contributed by atoms with E-state index in [0.29, 0.717) is 17.7 Å². The molecule has 9 heteroatoms. The number of carbonyl (C=O) groups is 1. The molecule has 0 saturated heterocycles. The average molecular weight is 553 g/mol. The molecule has 0 aliphatic carbocycles. The molecule has 0 aliphatic heterocycles. The molecule has 0 spiro atoms. The fourth-order valence-corrected chi connectivity index (χ4v) is 4.27. The summed E-state index contributed by atoms with van der Waals surface area (Å²) in [6, 6.07) is 17.0. The minimum atomic E-state index is -4.78. The van der Waals surface area contributed by atoms with Crippen LogP contribution in [0.25, 0.3) is 0 Å². The minimum Gasteiger partial charge on any atom is -0.406 e. The van der Waals surface area contributed by atoms with E-state index < -0.39 is 6.36 Å². The summed E-state index contributed by atoms with van der Waals surface area (Å²) in [6.07, 6.45) is -4.49. The molecule has 0 radical (unpaired) electrons. The number of amides is 1. The quantitative estimate of drug-likeness (QED) is 0.306. The van der Waals surface area contributed by atoms with Gasteiger partial charge in [-0.2, -0.15) is 0 Å². The molecule has 3 rings (SSSR count). The molecule has 198 valence electrons. The monoisotopic (exact) mass is 552 g/mol. The highest BCUT2D eigenvalue weighted by molar-refractivity contribution is 6.44. The van der Waals surface area contributed by atoms with E-state index in [1.165, 1.54) is 18.2 Å². The SMILES string of the molecule is CNc1ccc(Cl)c(Cl)c1C(=O)N(CCc1cccc(OC(F)(F)F)c1)Cc1ccc(C(C)(C)C)cc1. The lowest BCUT2D eigenvalue weighted by molar-refractivity contribution is -0.274. The van der Waals surface area contributed by atoms with Gasteiger partial charge >= 0.3 is 6.36 Å². The molecule has 1 amide bonds. The van der Waals surface area contributed by atoms with Crippen LogP contribution in [0.4, 0.5) is 18.9 Å². The number of hydrogen-bond donors (Lipinski definition) is 1. The van der Waals surface area contributed by atoms with Gasteiger partial charge in [-0.05, 0) is 52.8 Å². The first-order valence-corrected chi connectivity index (χ1v) is 12.4. The molecule has 1 N–H and O–H groups in total. The summed E-state index contributed by atoms with van der Waals surface area (Å²) < 4.78 is 42.0. The Labute approximate surface area is 225 Å². The summed E-state index contributed by atoms with van der Waals surface area (Å²) in [7, 11) is 1.68. The molecule has 0 fully saturated rings. The van der Waals surface area contributed by atoms with Crippen LogP contribution in [0.3, 0.4) is 0 Å². The van der Waals surface area contributed by atoms with Gasteiger partial charge in [-0.25, -0.2) is 0 Å². The van der Waals surface area contributed by atoms with Gasteiger partial charge < -0.3 is 15.0 Å². The number of alkyl halides is 3. The maximum Gasteiger partial charge on any atom is 0.573 e. The summed E-state index contributed by atoms with van der Waals surface area (Å²) in [4.78, 5) is 15.4. The maximum atomic E-state index is 13.8. The molecule has 3 aromatic carbocycles. The van der Waals surface area contributed by atoms with Gasteiger partial charge in [-0.1, -0.05) is 80.4 Å². The van der Waals surface area contributed by atoms with Crippen LogP contribution in [0, 0.1) is 0 Å². The Hall–Kier alpha value is -2.90. The van der Waals surface area contributed by atoms with E-state index in [1.54, 1.807) is 30.1 Å². The zero-order valence-corrected chi connectivity index (χ0v) is 22.6. The number of nitrogens with one attached hydrogen (secondary N) is 1. The van der Waals surface area contributed by atoms with Gasteiger partial charge in [0.15, 0.2) is 0 Å². The predicted octanol–water partition coefficient (Wildman–Crippen LogP) is 8.12. The highest BCUT2D eigenvalue weighted by atomic mass is 35.5. The van der Waals surface area contributed by atoms with E-state index in [1.807, 2.05) is 24.3 Å². The zero-order chi connectivity index (χ0) is 27.4. The molecule has 0 bridgehead atoms. The van der Waals surface area contributed by atoms with Gasteiger partial charge in [0, 0.05) is 25.8 Å².